The highest BCUT2D eigenvalue weighted by atomic mass is 28.4. The van der Waals surface area contributed by atoms with Crippen LogP contribution in [0.1, 0.15) is 5.56 Å². The molecule has 0 fully saturated rings. The molecule has 0 radical (unpaired) electrons. The van der Waals surface area contributed by atoms with E-state index in [1.54, 1.807) is 24.3 Å². The maximum absolute atomic E-state index is 6.82. The van der Waals surface area contributed by atoms with Gasteiger partial charge in [0.1, 0.15) is 5.75 Å². The molecule has 0 aliphatic carbocycles. The van der Waals surface area contributed by atoms with E-state index in [0.29, 0.717) is 5.75 Å². The number of benzene rings is 1. The molecule has 0 saturated carbocycles. The summed E-state index contributed by atoms with van der Waals surface area (Å²) in [7, 11) is -2.04. The molecule has 3 N–H and O–H groups in total. The lowest BCUT2D eigenvalue weighted by molar-refractivity contribution is 0.0511. The average molecular weight is 236 g/mol. The van der Waals surface area contributed by atoms with E-state index in [-0.39, 0.29) is 12.8 Å². The fourth-order valence-electron chi connectivity index (χ4n) is 1.08. The summed E-state index contributed by atoms with van der Waals surface area (Å²) in [5, 5.41) is 0. The number of rotatable bonds is 8. The molecule has 0 heterocycles. The van der Waals surface area contributed by atoms with E-state index in [1.807, 2.05) is 0 Å². The van der Waals surface area contributed by atoms with Crippen molar-refractivity contribution < 1.29 is 23.9 Å². The second kappa shape index (κ2) is 5.24. The topological polar surface area (TPSA) is 79.2 Å². The smallest absolute Gasteiger partial charge is 0.468 e. The van der Waals surface area contributed by atoms with Gasteiger partial charge in [-0.05, 0) is 17.7 Å². The second-order valence-corrected chi connectivity index (χ2v) is 4.77. The lowest BCUT2D eigenvalue weighted by atomic mass is 10.2. The molecule has 0 aliphatic rings. The molecule has 0 spiro atoms. The van der Waals surface area contributed by atoms with E-state index < -0.39 is 8.80 Å². The van der Waals surface area contributed by atoms with Gasteiger partial charge in [-0.3, -0.25) is 0 Å². The van der Waals surface area contributed by atoms with Crippen LogP contribution in [0.25, 0.3) is 0 Å². The molecule has 1 rings (SSSR count). The van der Waals surface area contributed by atoms with E-state index in [9.17, 15) is 0 Å². The molecule has 0 amide bonds. The normalized spacial score (nSPS) is 14.1. The Morgan fingerprint density at radius 1 is 1.27 bits per heavy atom. The zero-order valence-electron chi connectivity index (χ0n) is 11.3. The Labute approximate surface area is 93.4 Å². The maximum Gasteiger partial charge on any atom is 0.497 e. The molecule has 15 heavy (non-hydrogen) atoms. The lowest BCUT2D eigenvalue weighted by Gasteiger charge is -2.10. The molecule has 0 aliphatic heterocycles. The van der Waals surface area contributed by atoms with Gasteiger partial charge in [0, 0.05) is 13.2 Å². The standard InChI is InChI=1S/C9H14O5Si/c1-13-7-14-9-4-2-8(3-5-9)6-15(10,11)12/h2-5,10-12H,6-7H2,1H3/i10T,11T,12T. The Bertz CT molecular complexity index is 338. The van der Waals surface area contributed by atoms with Crippen LogP contribution >= 0.6 is 0 Å². The van der Waals surface area contributed by atoms with Gasteiger partial charge in [0.2, 0.25) is 0 Å². The third-order valence-corrected chi connectivity index (χ3v) is 2.53. The number of hydrogen-bond acceptors (Lipinski definition) is 5. The third-order valence-electron chi connectivity index (χ3n) is 1.69. The van der Waals surface area contributed by atoms with Crippen molar-refractivity contribution in [2.45, 2.75) is 6.04 Å². The van der Waals surface area contributed by atoms with Gasteiger partial charge < -0.3 is 23.9 Å². The Hall–Kier alpha value is -0.923. The summed E-state index contributed by atoms with van der Waals surface area (Å²) in [6.07, 6.45) is 0. The molecule has 5 nitrogen and oxygen atoms in total. The molecule has 0 unspecified atom stereocenters. The fourth-order valence-corrected chi connectivity index (χ4v) is 1.82. The molecular weight excluding hydrogens is 216 g/mol. The zero-order chi connectivity index (χ0) is 13.4. The van der Waals surface area contributed by atoms with Gasteiger partial charge in [0.05, 0.1) is 0 Å². The number of methoxy groups -OCH3 is 1. The van der Waals surface area contributed by atoms with Crippen LogP contribution < -0.4 is 4.74 Å². The number of hydrogen-bond donors (Lipinski definition) is 3. The van der Waals surface area contributed by atoms with Crippen LogP contribution in [0.3, 0.4) is 0 Å². The SMILES string of the molecule is [3H]O[Si](Cc1ccc(OCOC)cc1)(O[3H])O[3H]. The molecule has 0 saturated heterocycles. The summed E-state index contributed by atoms with van der Waals surface area (Å²) in [5.74, 6) is 0.623. The highest BCUT2D eigenvalue weighted by Crippen LogP contribution is 2.13. The maximum atomic E-state index is 6.82. The fraction of sp³-hybridized carbons (Fsp3) is 0.333. The summed E-state index contributed by atoms with van der Waals surface area (Å²) >= 11 is 0. The molecule has 0 bridgehead atoms. The predicted octanol–water partition coefficient (Wildman–Crippen LogP) is -0.333. The van der Waals surface area contributed by atoms with Crippen molar-refractivity contribution in [2.75, 3.05) is 13.9 Å². The van der Waals surface area contributed by atoms with E-state index in [4.69, 9.17) is 13.8 Å². The van der Waals surface area contributed by atoms with Crippen LogP contribution in [0.4, 0.5) is 0 Å². The number of ether oxygens (including phenoxy) is 2. The van der Waals surface area contributed by atoms with E-state index >= 15 is 0 Å². The summed E-state index contributed by atoms with van der Waals surface area (Å²) in [6.45, 7) is 0.152. The minimum Gasteiger partial charge on any atom is -0.468 e. The van der Waals surface area contributed by atoms with Crippen LogP contribution in [0.2, 0.25) is 0 Å². The summed E-state index contributed by atoms with van der Waals surface area (Å²) < 4.78 is 30.4. The van der Waals surface area contributed by atoms with E-state index in [0.717, 1.165) is 5.56 Å². The first-order chi connectivity index (χ1) is 8.69. The first-order valence-electron chi connectivity index (χ1n) is 5.56. The van der Waals surface area contributed by atoms with Crippen LogP contribution in [0.5, 0.6) is 5.75 Å². The Kier molecular flexibility index (Phi) is 2.88. The van der Waals surface area contributed by atoms with Gasteiger partial charge in [-0.25, -0.2) is 0 Å². The molecule has 1 aromatic rings. The minimum absolute atomic E-state index is 0.0635. The van der Waals surface area contributed by atoms with Crippen LogP contribution in [-0.2, 0) is 10.8 Å². The van der Waals surface area contributed by atoms with Crippen molar-refractivity contribution in [3.63, 3.8) is 0 Å². The first-order valence-corrected chi connectivity index (χ1v) is 6.26. The Balaban J connectivity index is 2.67. The van der Waals surface area contributed by atoms with E-state index in [2.05, 4.69) is 14.4 Å². The molecule has 6 heteroatoms. The molecule has 0 atom stereocenters. The Morgan fingerprint density at radius 2 is 1.93 bits per heavy atom. The molecular formula is C9H14O5Si. The van der Waals surface area contributed by atoms with Crippen molar-refractivity contribution in [1.82, 2.24) is 0 Å². The van der Waals surface area contributed by atoms with Gasteiger partial charge in [-0.15, -0.1) is 0 Å². The highest BCUT2D eigenvalue weighted by molar-refractivity contribution is 6.55. The van der Waals surface area contributed by atoms with Crippen molar-refractivity contribution in [3.05, 3.63) is 29.8 Å². The third kappa shape index (κ3) is 4.91. The molecule has 0 aromatic heterocycles. The van der Waals surface area contributed by atoms with Gasteiger partial charge >= 0.3 is 8.80 Å². The van der Waals surface area contributed by atoms with Crippen molar-refractivity contribution in [2.24, 2.45) is 0 Å². The van der Waals surface area contributed by atoms with Gasteiger partial charge in [-0.1, -0.05) is 12.1 Å². The second-order valence-electron chi connectivity index (χ2n) is 3.05. The van der Waals surface area contributed by atoms with Crippen molar-refractivity contribution in [1.29, 1.82) is 4.29 Å². The van der Waals surface area contributed by atoms with Crippen LogP contribution in [-0.4, -0.2) is 41.4 Å². The monoisotopic (exact) mass is 236 g/mol. The van der Waals surface area contributed by atoms with Gasteiger partial charge in [0.25, 0.3) is 0 Å². The summed E-state index contributed by atoms with van der Waals surface area (Å²) in [6, 6.07) is 6.89. The zero-order valence-corrected chi connectivity index (χ0v) is 9.26. The highest BCUT2D eigenvalue weighted by Gasteiger charge is 2.26. The first kappa shape index (κ1) is 8.25. The van der Waals surface area contributed by atoms with E-state index in [1.165, 1.54) is 7.11 Å². The van der Waals surface area contributed by atoms with Crippen molar-refractivity contribution in [3.8, 4) is 5.75 Å². The summed E-state index contributed by atoms with van der Waals surface area (Å²) in [5.41, 5.74) is 0.721. The largest absolute Gasteiger partial charge is 0.497 e. The minimum atomic E-state index is -3.57. The molecule has 84 valence electrons. The van der Waals surface area contributed by atoms with Crippen molar-refractivity contribution >= 4 is 8.80 Å². The lowest BCUT2D eigenvalue weighted by Crippen LogP contribution is -2.37. The Morgan fingerprint density at radius 3 is 2.47 bits per heavy atom. The molecule has 1 aromatic carbocycles. The van der Waals surface area contributed by atoms with Gasteiger partial charge in [0.15, 0.2) is 11.1 Å². The quantitative estimate of drug-likeness (QED) is 0.425. The summed E-state index contributed by atoms with van der Waals surface area (Å²) in [4.78, 5) is 12.8. The average Bonchev–Trinajstić information content (AvgIpc) is 2.44. The predicted molar refractivity (Wildman–Crippen MR) is 55.1 cm³/mol. The van der Waals surface area contributed by atoms with Gasteiger partial charge in [-0.2, -0.15) is 0 Å². The van der Waals surface area contributed by atoms with Crippen LogP contribution in [0.15, 0.2) is 24.3 Å². The van der Waals surface area contributed by atoms with Crippen LogP contribution in [0, 0.1) is 0 Å².